The highest BCUT2D eigenvalue weighted by molar-refractivity contribution is 5.36. The van der Waals surface area contributed by atoms with Crippen molar-refractivity contribution in [3.8, 4) is 5.69 Å². The first-order valence-corrected chi connectivity index (χ1v) is 7.84. The molecule has 2 atom stereocenters. The molecule has 0 amide bonds. The average molecular weight is 326 g/mol. The summed E-state index contributed by atoms with van der Waals surface area (Å²) in [5, 5.41) is 4.46. The molecule has 1 aromatic heterocycles. The predicted octanol–water partition coefficient (Wildman–Crippen LogP) is 2.48. The van der Waals surface area contributed by atoms with Crippen molar-refractivity contribution < 1.29 is 18.1 Å². The first-order chi connectivity index (χ1) is 11.7. The second-order valence-corrected chi connectivity index (χ2v) is 6.21. The van der Waals surface area contributed by atoms with Crippen molar-refractivity contribution in [3.05, 3.63) is 77.4 Å². The van der Waals surface area contributed by atoms with Crippen molar-refractivity contribution in [1.29, 1.82) is 0 Å². The third-order valence-corrected chi connectivity index (χ3v) is 4.74. The lowest BCUT2D eigenvalue weighted by Gasteiger charge is -2.23. The van der Waals surface area contributed by atoms with Crippen LogP contribution in [0.25, 0.3) is 5.69 Å². The summed E-state index contributed by atoms with van der Waals surface area (Å²) in [6.07, 6.45) is 2.74. The number of hydrogen-bond donors (Lipinski definition) is 0. The fourth-order valence-electron chi connectivity index (χ4n) is 3.72. The molecule has 2 heterocycles. The summed E-state index contributed by atoms with van der Waals surface area (Å²) >= 11 is 0. The van der Waals surface area contributed by atoms with Gasteiger partial charge in [-0.15, -0.1) is 0 Å². The van der Waals surface area contributed by atoms with E-state index in [0.717, 1.165) is 18.3 Å². The van der Waals surface area contributed by atoms with Crippen LogP contribution in [0.5, 0.6) is 0 Å². The second-order valence-electron chi connectivity index (χ2n) is 6.21. The quantitative estimate of drug-likeness (QED) is 0.643. The predicted molar refractivity (Wildman–Crippen MR) is 80.5 cm³/mol. The van der Waals surface area contributed by atoms with E-state index in [1.54, 1.807) is 6.33 Å². The summed E-state index contributed by atoms with van der Waals surface area (Å²) in [5.41, 5.74) is 2.85. The van der Waals surface area contributed by atoms with Gasteiger partial charge in [0.2, 0.25) is 6.33 Å². The van der Waals surface area contributed by atoms with Gasteiger partial charge in [-0.3, -0.25) is 0 Å². The van der Waals surface area contributed by atoms with Crippen molar-refractivity contribution in [2.45, 2.75) is 25.2 Å². The summed E-state index contributed by atoms with van der Waals surface area (Å²) < 4.78 is 36.5. The zero-order chi connectivity index (χ0) is 16.3. The van der Waals surface area contributed by atoms with E-state index in [4.69, 9.17) is 4.74 Å². The van der Waals surface area contributed by atoms with Gasteiger partial charge in [0.25, 0.3) is 0 Å². The van der Waals surface area contributed by atoms with Crippen LogP contribution >= 0.6 is 0 Å². The van der Waals surface area contributed by atoms with Gasteiger partial charge in [-0.25, -0.2) is 13.3 Å². The summed E-state index contributed by atoms with van der Waals surface area (Å²) in [6.45, 7) is 0.389. The number of rotatable bonds is 1. The third-order valence-electron chi connectivity index (χ3n) is 4.74. The van der Waals surface area contributed by atoms with Crippen LogP contribution in [0.4, 0.5) is 8.78 Å². The zero-order valence-corrected chi connectivity index (χ0v) is 12.7. The molecule has 120 valence electrons. The summed E-state index contributed by atoms with van der Waals surface area (Å²) in [7, 11) is 0. The van der Waals surface area contributed by atoms with Gasteiger partial charge in [0, 0.05) is 29.7 Å². The van der Waals surface area contributed by atoms with Gasteiger partial charge < -0.3 is 4.74 Å². The minimum atomic E-state index is -0.621. The van der Waals surface area contributed by atoms with E-state index >= 15 is 0 Å². The number of ether oxygens (including phenoxy) is 1. The molecule has 0 fully saturated rings. The zero-order valence-electron chi connectivity index (χ0n) is 12.7. The van der Waals surface area contributed by atoms with Crippen LogP contribution in [0.15, 0.2) is 48.8 Å². The number of hydrogen-bond acceptors (Lipinski definition) is 2. The highest BCUT2D eigenvalue weighted by atomic mass is 19.1. The Labute approximate surface area is 136 Å². The van der Waals surface area contributed by atoms with Crippen LogP contribution in [-0.4, -0.2) is 15.9 Å². The molecule has 3 aromatic rings. The molecular weight excluding hydrogens is 312 g/mol. The lowest BCUT2D eigenvalue weighted by Crippen LogP contribution is -2.51. The minimum Gasteiger partial charge on any atom is -0.363 e. The average Bonchev–Trinajstić information content (AvgIpc) is 3.14. The van der Waals surface area contributed by atoms with Crippen LogP contribution < -0.4 is 4.57 Å². The highest BCUT2D eigenvalue weighted by Gasteiger charge is 2.43. The van der Waals surface area contributed by atoms with Gasteiger partial charge in [0.15, 0.2) is 0 Å². The molecule has 0 unspecified atom stereocenters. The topological polar surface area (TPSA) is 30.9 Å². The second kappa shape index (κ2) is 4.95. The monoisotopic (exact) mass is 326 g/mol. The molecule has 0 radical (unpaired) electrons. The molecule has 0 N–H and O–H groups in total. The summed E-state index contributed by atoms with van der Waals surface area (Å²) in [5.74, 6) is -0.495. The maximum Gasteiger partial charge on any atom is 0.304 e. The van der Waals surface area contributed by atoms with E-state index in [1.165, 1.54) is 27.9 Å². The van der Waals surface area contributed by atoms with Crippen LogP contribution in [0, 0.1) is 11.6 Å². The fraction of sp³-hybridized carbons (Fsp3) is 0.222. The van der Waals surface area contributed by atoms with E-state index in [2.05, 4.69) is 21.8 Å². The molecule has 2 aliphatic rings. The Hall–Kier alpha value is -2.60. The van der Waals surface area contributed by atoms with Crippen molar-refractivity contribution in [1.82, 2.24) is 9.78 Å². The van der Waals surface area contributed by atoms with Crippen molar-refractivity contribution in [3.63, 3.8) is 0 Å². The lowest BCUT2D eigenvalue weighted by atomic mass is 10.1. The first kappa shape index (κ1) is 13.8. The molecule has 0 bridgehead atoms. The minimum absolute atomic E-state index is 0.0529. The molecule has 0 saturated carbocycles. The molecule has 1 aliphatic carbocycles. The van der Waals surface area contributed by atoms with Crippen LogP contribution in [0.2, 0.25) is 0 Å². The normalized spacial score (nSPS) is 21.2. The van der Waals surface area contributed by atoms with Gasteiger partial charge in [-0.2, -0.15) is 0 Å². The molecule has 2 aromatic carbocycles. The number of fused-ring (bicyclic) bond motifs is 5. The highest BCUT2D eigenvalue weighted by Crippen LogP contribution is 2.35. The van der Waals surface area contributed by atoms with Gasteiger partial charge in [-0.05, 0) is 11.1 Å². The lowest BCUT2D eigenvalue weighted by molar-refractivity contribution is -0.739. The Morgan fingerprint density at radius 3 is 2.75 bits per heavy atom. The molecule has 0 spiro atoms. The standard InChI is InChI=1S/C18H14F2N3O/c19-12-6-13(20)8-14(7-12)23-10-22-17(21-23)9-24-16-5-11-3-1-2-4-15(11)18(16)22/h1-4,6-8,10,16,18H,5,9H2/q+1/t16-,18+/m1/s1. The van der Waals surface area contributed by atoms with E-state index in [0.29, 0.717) is 12.3 Å². The molecule has 6 heteroatoms. The number of aromatic nitrogens is 3. The Kier molecular flexibility index (Phi) is 2.84. The molecular formula is C18H14F2N3O+. The van der Waals surface area contributed by atoms with Gasteiger partial charge in [0.1, 0.15) is 36.1 Å². The molecule has 1 aliphatic heterocycles. The Morgan fingerprint density at radius 1 is 1.12 bits per heavy atom. The van der Waals surface area contributed by atoms with Crippen LogP contribution in [-0.2, 0) is 17.8 Å². The smallest absolute Gasteiger partial charge is 0.304 e. The van der Waals surface area contributed by atoms with Crippen molar-refractivity contribution in [2.75, 3.05) is 0 Å². The maximum absolute atomic E-state index is 13.5. The Bertz CT molecular complexity index is 933. The van der Waals surface area contributed by atoms with Crippen molar-refractivity contribution >= 4 is 0 Å². The summed E-state index contributed by atoms with van der Waals surface area (Å²) in [6, 6.07) is 11.7. The van der Waals surface area contributed by atoms with Crippen LogP contribution in [0.3, 0.4) is 0 Å². The number of nitrogens with zero attached hydrogens (tertiary/aromatic N) is 3. The van der Waals surface area contributed by atoms with E-state index in [9.17, 15) is 8.78 Å². The Morgan fingerprint density at radius 2 is 1.92 bits per heavy atom. The van der Waals surface area contributed by atoms with Gasteiger partial charge >= 0.3 is 5.82 Å². The Balaban J connectivity index is 1.63. The molecule has 5 rings (SSSR count). The van der Waals surface area contributed by atoms with E-state index in [-0.39, 0.29) is 12.1 Å². The molecule has 4 nitrogen and oxygen atoms in total. The van der Waals surface area contributed by atoms with E-state index < -0.39 is 11.6 Å². The van der Waals surface area contributed by atoms with Gasteiger partial charge in [-0.1, -0.05) is 28.9 Å². The SMILES string of the molecule is Fc1cc(F)cc(-n2c[n+]3c(n2)CO[C@@H]2Cc4ccccc4[C@@H]23)c1. The third kappa shape index (κ3) is 1.99. The van der Waals surface area contributed by atoms with Crippen molar-refractivity contribution in [2.24, 2.45) is 0 Å². The van der Waals surface area contributed by atoms with Gasteiger partial charge in [0.05, 0.1) is 0 Å². The molecule has 24 heavy (non-hydrogen) atoms. The van der Waals surface area contributed by atoms with Crippen LogP contribution in [0.1, 0.15) is 23.0 Å². The fourth-order valence-corrected chi connectivity index (χ4v) is 3.72. The largest absolute Gasteiger partial charge is 0.363 e. The summed E-state index contributed by atoms with van der Waals surface area (Å²) in [4.78, 5) is 0. The first-order valence-electron chi connectivity index (χ1n) is 7.84. The van der Waals surface area contributed by atoms with E-state index in [1.807, 2.05) is 12.1 Å². The molecule has 0 saturated heterocycles. The number of benzene rings is 2. The maximum atomic E-state index is 13.5. The number of halogens is 2.